The average molecular weight is 317 g/mol. The van der Waals surface area contributed by atoms with Gasteiger partial charge >= 0.3 is 6.09 Å². The Kier molecular flexibility index (Phi) is 11.3. The van der Waals surface area contributed by atoms with Crippen LogP contribution in [0.4, 0.5) is 4.79 Å². The molecule has 22 heavy (non-hydrogen) atoms. The number of amides is 1. The van der Waals surface area contributed by atoms with E-state index < -0.39 is 23.8 Å². The van der Waals surface area contributed by atoms with Crippen LogP contribution in [-0.2, 0) is 4.74 Å². The molecule has 0 aliphatic rings. The summed E-state index contributed by atoms with van der Waals surface area (Å²) in [7, 11) is 0. The van der Waals surface area contributed by atoms with Gasteiger partial charge in [0.05, 0.1) is 18.8 Å². The Hall–Kier alpha value is -0.810. The molecule has 0 aliphatic carbocycles. The van der Waals surface area contributed by atoms with Crippen LogP contribution in [0.3, 0.4) is 0 Å². The van der Waals surface area contributed by atoms with Crippen molar-refractivity contribution in [1.29, 1.82) is 0 Å². The van der Waals surface area contributed by atoms with Crippen molar-refractivity contribution >= 4 is 6.09 Å². The molecule has 5 heteroatoms. The maximum atomic E-state index is 11.7. The Labute approximate surface area is 135 Å². The minimum absolute atomic E-state index is 0.295. The van der Waals surface area contributed by atoms with Crippen molar-refractivity contribution in [3.05, 3.63) is 0 Å². The molecule has 2 atom stereocenters. The van der Waals surface area contributed by atoms with Crippen LogP contribution in [0.25, 0.3) is 0 Å². The van der Waals surface area contributed by atoms with Crippen LogP contribution in [0, 0.1) is 0 Å². The smallest absolute Gasteiger partial charge is 0.408 e. The van der Waals surface area contributed by atoms with Gasteiger partial charge in [0.25, 0.3) is 0 Å². The van der Waals surface area contributed by atoms with E-state index in [9.17, 15) is 15.0 Å². The quantitative estimate of drug-likeness (QED) is 0.510. The second-order valence-electron chi connectivity index (χ2n) is 6.91. The summed E-state index contributed by atoms with van der Waals surface area (Å²) in [4.78, 5) is 11.7. The molecule has 0 saturated heterocycles. The van der Waals surface area contributed by atoms with E-state index in [2.05, 4.69) is 12.2 Å². The van der Waals surface area contributed by atoms with Crippen molar-refractivity contribution in [2.24, 2.45) is 0 Å². The van der Waals surface area contributed by atoms with E-state index in [1.54, 1.807) is 20.8 Å². The van der Waals surface area contributed by atoms with Crippen molar-refractivity contribution in [2.75, 3.05) is 6.61 Å². The number of unbranched alkanes of at least 4 members (excludes halogenated alkanes) is 6. The zero-order valence-corrected chi connectivity index (χ0v) is 14.7. The van der Waals surface area contributed by atoms with E-state index in [0.717, 1.165) is 12.8 Å². The van der Waals surface area contributed by atoms with Gasteiger partial charge in [0, 0.05) is 0 Å². The number of ether oxygens (including phenoxy) is 1. The van der Waals surface area contributed by atoms with Crippen LogP contribution in [-0.4, -0.2) is 40.7 Å². The second kappa shape index (κ2) is 11.7. The van der Waals surface area contributed by atoms with Gasteiger partial charge in [-0.05, 0) is 27.2 Å². The number of nitrogens with one attached hydrogen (secondary N) is 1. The minimum atomic E-state index is -0.742. The van der Waals surface area contributed by atoms with Gasteiger partial charge in [0.1, 0.15) is 5.60 Å². The largest absolute Gasteiger partial charge is 0.444 e. The Morgan fingerprint density at radius 2 is 1.64 bits per heavy atom. The molecule has 0 aliphatic heterocycles. The molecule has 0 unspecified atom stereocenters. The first-order valence-corrected chi connectivity index (χ1v) is 8.58. The summed E-state index contributed by atoms with van der Waals surface area (Å²) in [6.45, 7) is 7.22. The molecule has 0 radical (unpaired) electrons. The summed E-state index contributed by atoms with van der Waals surface area (Å²) < 4.78 is 5.13. The first-order chi connectivity index (χ1) is 10.3. The topological polar surface area (TPSA) is 78.8 Å². The van der Waals surface area contributed by atoms with Gasteiger partial charge in [-0.2, -0.15) is 0 Å². The fourth-order valence-electron chi connectivity index (χ4n) is 2.23. The van der Waals surface area contributed by atoms with Crippen molar-refractivity contribution in [1.82, 2.24) is 5.32 Å². The highest BCUT2D eigenvalue weighted by Crippen LogP contribution is 2.12. The third-order valence-corrected chi connectivity index (χ3v) is 3.47. The van der Waals surface area contributed by atoms with Crippen LogP contribution < -0.4 is 5.32 Å². The van der Waals surface area contributed by atoms with Crippen LogP contribution in [0.15, 0.2) is 0 Å². The molecule has 132 valence electrons. The molecule has 5 nitrogen and oxygen atoms in total. The molecule has 0 spiro atoms. The Morgan fingerprint density at radius 3 is 2.14 bits per heavy atom. The lowest BCUT2D eigenvalue weighted by atomic mass is 10.0. The molecule has 0 rings (SSSR count). The Morgan fingerprint density at radius 1 is 1.09 bits per heavy atom. The van der Waals surface area contributed by atoms with Crippen molar-refractivity contribution in [3.8, 4) is 0 Å². The van der Waals surface area contributed by atoms with Gasteiger partial charge in [-0.3, -0.25) is 0 Å². The molecule has 0 bridgehead atoms. The number of hydrogen-bond donors (Lipinski definition) is 3. The van der Waals surface area contributed by atoms with Crippen LogP contribution in [0.5, 0.6) is 0 Å². The molecule has 1 amide bonds. The predicted octanol–water partition coefficient (Wildman–Crippen LogP) is 3.37. The zero-order chi connectivity index (χ0) is 17.0. The van der Waals surface area contributed by atoms with E-state index in [0.29, 0.717) is 6.42 Å². The monoisotopic (exact) mass is 317 g/mol. The summed E-state index contributed by atoms with van der Waals surface area (Å²) in [5, 5.41) is 21.9. The third-order valence-electron chi connectivity index (χ3n) is 3.47. The van der Waals surface area contributed by atoms with E-state index in [-0.39, 0.29) is 6.61 Å². The number of carbonyl (C=O) groups is 1. The van der Waals surface area contributed by atoms with Gasteiger partial charge in [0.2, 0.25) is 0 Å². The summed E-state index contributed by atoms with van der Waals surface area (Å²) in [6, 6.07) is -0.671. The third kappa shape index (κ3) is 11.8. The lowest BCUT2D eigenvalue weighted by molar-refractivity contribution is 0.0333. The number of hydrogen-bond acceptors (Lipinski definition) is 4. The Balaban J connectivity index is 3.90. The molecule has 0 fully saturated rings. The normalized spacial score (nSPS) is 14.5. The molecular formula is C17H35NO4. The van der Waals surface area contributed by atoms with Crippen molar-refractivity contribution < 1.29 is 19.7 Å². The minimum Gasteiger partial charge on any atom is -0.444 e. The number of carbonyl (C=O) groups excluding carboxylic acids is 1. The van der Waals surface area contributed by atoms with Gasteiger partial charge in [-0.25, -0.2) is 4.79 Å². The summed E-state index contributed by atoms with van der Waals surface area (Å²) in [5.41, 5.74) is -0.590. The maximum Gasteiger partial charge on any atom is 0.408 e. The van der Waals surface area contributed by atoms with Gasteiger partial charge in [-0.1, -0.05) is 51.9 Å². The van der Waals surface area contributed by atoms with Gasteiger partial charge in [-0.15, -0.1) is 0 Å². The molecular weight excluding hydrogens is 282 g/mol. The lowest BCUT2D eigenvalue weighted by Crippen LogP contribution is -2.47. The van der Waals surface area contributed by atoms with Crippen molar-refractivity contribution in [2.45, 2.75) is 96.8 Å². The SMILES string of the molecule is CCCCCCCCC[C@@H](O)[C@H](CO)NC(=O)OC(C)(C)C. The lowest BCUT2D eigenvalue weighted by Gasteiger charge is -2.25. The fourth-order valence-corrected chi connectivity index (χ4v) is 2.23. The summed E-state index contributed by atoms with van der Waals surface area (Å²) in [6.07, 6.45) is 7.43. The Bertz CT molecular complexity index is 289. The van der Waals surface area contributed by atoms with E-state index in [1.807, 2.05) is 0 Å². The van der Waals surface area contributed by atoms with Crippen molar-refractivity contribution in [3.63, 3.8) is 0 Å². The number of aliphatic hydroxyl groups is 2. The molecule has 0 aromatic carbocycles. The number of aliphatic hydroxyl groups excluding tert-OH is 2. The maximum absolute atomic E-state index is 11.7. The predicted molar refractivity (Wildman–Crippen MR) is 88.9 cm³/mol. The average Bonchev–Trinajstić information content (AvgIpc) is 2.41. The standard InChI is InChI=1S/C17H35NO4/c1-5-6-7-8-9-10-11-12-15(20)14(13-19)18-16(21)22-17(2,3)4/h14-15,19-20H,5-13H2,1-4H3,(H,18,21)/t14-,15+/m0/s1. The van der Waals surface area contributed by atoms with E-state index in [1.165, 1.54) is 32.1 Å². The van der Waals surface area contributed by atoms with E-state index >= 15 is 0 Å². The highest BCUT2D eigenvalue weighted by Gasteiger charge is 2.23. The number of rotatable bonds is 11. The second-order valence-corrected chi connectivity index (χ2v) is 6.91. The zero-order valence-electron chi connectivity index (χ0n) is 14.7. The highest BCUT2D eigenvalue weighted by atomic mass is 16.6. The molecule has 0 saturated carbocycles. The highest BCUT2D eigenvalue weighted by molar-refractivity contribution is 5.68. The number of alkyl carbamates (subject to hydrolysis) is 1. The van der Waals surface area contributed by atoms with Crippen LogP contribution >= 0.6 is 0 Å². The first-order valence-electron chi connectivity index (χ1n) is 8.58. The van der Waals surface area contributed by atoms with E-state index in [4.69, 9.17) is 4.74 Å². The van der Waals surface area contributed by atoms with Crippen LogP contribution in [0.2, 0.25) is 0 Å². The van der Waals surface area contributed by atoms with Gasteiger partial charge < -0.3 is 20.3 Å². The first kappa shape index (κ1) is 21.2. The molecule has 0 aromatic rings. The van der Waals surface area contributed by atoms with Gasteiger partial charge in [0.15, 0.2) is 0 Å². The van der Waals surface area contributed by atoms with Crippen LogP contribution in [0.1, 0.15) is 79.1 Å². The fraction of sp³-hybridized carbons (Fsp3) is 0.941. The molecule has 0 aromatic heterocycles. The summed E-state index contributed by atoms with van der Waals surface area (Å²) >= 11 is 0. The molecule has 3 N–H and O–H groups in total. The molecule has 0 heterocycles. The summed E-state index contributed by atoms with van der Waals surface area (Å²) in [5.74, 6) is 0.